The Balaban J connectivity index is 0.00000161. The predicted molar refractivity (Wildman–Crippen MR) is 187 cm³/mol. The molecular weight excluding hydrogens is 516 g/mol. The summed E-state index contributed by atoms with van der Waals surface area (Å²) in [4.78, 5) is 0. The summed E-state index contributed by atoms with van der Waals surface area (Å²) in [6.45, 7) is 13.2. The molecule has 0 spiro atoms. The SMILES string of the molecule is CC.Cc1ccc(-c2ccc(-c3ccc(-c4ccc(-c5ccc6c(c5)C(C)(C)C5=CC(C)CC=C56)cc4)cc3)cc2)cc1. The zero-order valence-electron chi connectivity index (χ0n) is 26.4. The fourth-order valence-electron chi connectivity index (χ4n) is 6.59. The van der Waals surface area contributed by atoms with Gasteiger partial charge < -0.3 is 0 Å². The molecule has 0 saturated carbocycles. The molecule has 0 heteroatoms. The minimum atomic E-state index is 0.0501. The van der Waals surface area contributed by atoms with Crippen LogP contribution in [0.15, 0.2) is 133 Å². The molecule has 0 N–H and O–H groups in total. The standard InChI is InChI=1S/C41H36.C2H6/c1-27-5-8-29(9-6-27)30-10-12-31(13-11-30)32-14-16-33(17-15-32)34-18-20-35(21-19-34)36-22-24-38-37-23-7-28(2)25-39(37)41(3,4)40(38)26-36;1-2/h5-6,8-26,28H,7H2,1-4H3;1-2H3. The van der Waals surface area contributed by atoms with Gasteiger partial charge in [0, 0.05) is 5.41 Å². The van der Waals surface area contributed by atoms with E-state index in [1.165, 1.54) is 72.3 Å². The zero-order valence-corrected chi connectivity index (χ0v) is 26.4. The molecule has 1 atom stereocenters. The van der Waals surface area contributed by atoms with E-state index in [4.69, 9.17) is 0 Å². The Kier molecular flexibility index (Phi) is 7.80. The van der Waals surface area contributed by atoms with Crippen LogP contribution in [0, 0.1) is 12.8 Å². The molecule has 0 aromatic heterocycles. The topological polar surface area (TPSA) is 0 Å². The summed E-state index contributed by atoms with van der Waals surface area (Å²) in [6.07, 6.45) is 6.09. The second kappa shape index (κ2) is 11.7. The van der Waals surface area contributed by atoms with E-state index in [1.54, 1.807) is 0 Å². The van der Waals surface area contributed by atoms with Gasteiger partial charge in [0.2, 0.25) is 0 Å². The van der Waals surface area contributed by atoms with E-state index in [-0.39, 0.29) is 5.41 Å². The molecule has 0 saturated heterocycles. The van der Waals surface area contributed by atoms with Gasteiger partial charge in [-0.15, -0.1) is 0 Å². The maximum absolute atomic E-state index is 2.50. The molecule has 0 heterocycles. The summed E-state index contributed by atoms with van der Waals surface area (Å²) in [6, 6.07) is 42.6. The summed E-state index contributed by atoms with van der Waals surface area (Å²) < 4.78 is 0. The highest BCUT2D eigenvalue weighted by Crippen LogP contribution is 2.52. The van der Waals surface area contributed by atoms with Crippen LogP contribution in [-0.2, 0) is 5.41 Å². The summed E-state index contributed by atoms with van der Waals surface area (Å²) in [7, 11) is 0. The first kappa shape index (κ1) is 28.7. The highest BCUT2D eigenvalue weighted by atomic mass is 14.4. The van der Waals surface area contributed by atoms with Crippen molar-refractivity contribution < 1.29 is 0 Å². The summed E-state index contributed by atoms with van der Waals surface area (Å²) in [5, 5.41) is 0. The number of rotatable bonds is 4. The minimum Gasteiger partial charge on any atom is -0.0767 e. The van der Waals surface area contributed by atoms with E-state index in [0.717, 1.165) is 6.42 Å². The van der Waals surface area contributed by atoms with Gasteiger partial charge in [0.1, 0.15) is 0 Å². The average Bonchev–Trinajstić information content (AvgIpc) is 3.27. The maximum atomic E-state index is 2.50. The van der Waals surface area contributed by atoms with Gasteiger partial charge in [-0.3, -0.25) is 0 Å². The van der Waals surface area contributed by atoms with Crippen molar-refractivity contribution in [2.75, 3.05) is 0 Å². The predicted octanol–water partition coefficient (Wildman–Crippen LogP) is 12.3. The van der Waals surface area contributed by atoms with Crippen molar-refractivity contribution in [2.45, 2.75) is 53.4 Å². The lowest BCUT2D eigenvalue weighted by Crippen LogP contribution is -2.17. The van der Waals surface area contributed by atoms with Gasteiger partial charge in [0.15, 0.2) is 0 Å². The molecule has 0 fully saturated rings. The number of allylic oxidation sites excluding steroid dienone is 4. The van der Waals surface area contributed by atoms with E-state index in [9.17, 15) is 0 Å². The van der Waals surface area contributed by atoms with Crippen LogP contribution in [0.1, 0.15) is 57.7 Å². The Labute approximate surface area is 258 Å². The van der Waals surface area contributed by atoms with Gasteiger partial charge in [-0.2, -0.15) is 0 Å². The normalized spacial score (nSPS) is 16.3. The molecule has 7 rings (SSSR count). The van der Waals surface area contributed by atoms with Crippen molar-refractivity contribution in [3.63, 3.8) is 0 Å². The Morgan fingerprint density at radius 3 is 1.35 bits per heavy atom. The summed E-state index contributed by atoms with van der Waals surface area (Å²) in [5.41, 5.74) is 17.2. The monoisotopic (exact) mass is 558 g/mol. The van der Waals surface area contributed by atoms with E-state index in [1.807, 2.05) is 13.8 Å². The molecule has 0 bridgehead atoms. The highest BCUT2D eigenvalue weighted by molar-refractivity contribution is 5.91. The van der Waals surface area contributed by atoms with Crippen molar-refractivity contribution in [3.8, 4) is 44.5 Å². The quantitative estimate of drug-likeness (QED) is 0.206. The second-order valence-corrected chi connectivity index (χ2v) is 12.4. The number of benzene rings is 5. The molecular formula is C43H42. The van der Waals surface area contributed by atoms with Crippen molar-refractivity contribution in [1.29, 1.82) is 0 Å². The van der Waals surface area contributed by atoms with Gasteiger partial charge in [-0.25, -0.2) is 0 Å². The molecule has 0 aliphatic heterocycles. The van der Waals surface area contributed by atoms with Crippen molar-refractivity contribution >= 4 is 5.57 Å². The first-order chi connectivity index (χ1) is 20.9. The fraction of sp³-hybridized carbons (Fsp3) is 0.209. The van der Waals surface area contributed by atoms with Gasteiger partial charge in [0.25, 0.3) is 0 Å². The Morgan fingerprint density at radius 2 is 0.907 bits per heavy atom. The molecule has 0 nitrogen and oxygen atoms in total. The maximum Gasteiger partial charge on any atom is 0.0155 e. The Morgan fingerprint density at radius 1 is 0.535 bits per heavy atom. The van der Waals surface area contributed by atoms with Gasteiger partial charge in [-0.1, -0.05) is 162 Å². The highest BCUT2D eigenvalue weighted by Gasteiger charge is 2.39. The molecule has 2 aliphatic rings. The molecule has 2 aliphatic carbocycles. The number of hydrogen-bond donors (Lipinski definition) is 0. The first-order valence-corrected chi connectivity index (χ1v) is 15.8. The number of fused-ring (bicyclic) bond motifs is 3. The van der Waals surface area contributed by atoms with Crippen LogP contribution in [0.4, 0.5) is 0 Å². The Hall–Kier alpha value is -4.42. The molecule has 0 amide bonds. The van der Waals surface area contributed by atoms with Crippen LogP contribution in [-0.4, -0.2) is 0 Å². The average molecular weight is 559 g/mol. The fourth-order valence-corrected chi connectivity index (χ4v) is 6.59. The number of hydrogen-bond acceptors (Lipinski definition) is 0. The molecule has 43 heavy (non-hydrogen) atoms. The van der Waals surface area contributed by atoms with Crippen LogP contribution < -0.4 is 0 Å². The smallest absolute Gasteiger partial charge is 0.0155 e. The third-order valence-electron chi connectivity index (χ3n) is 9.13. The van der Waals surface area contributed by atoms with E-state index in [0.29, 0.717) is 5.92 Å². The lowest BCUT2D eigenvalue weighted by Gasteiger charge is -2.25. The number of aryl methyl sites for hydroxylation is 1. The van der Waals surface area contributed by atoms with Crippen molar-refractivity contribution in [3.05, 3.63) is 150 Å². The van der Waals surface area contributed by atoms with Crippen LogP contribution in [0.5, 0.6) is 0 Å². The van der Waals surface area contributed by atoms with Gasteiger partial charge in [-0.05, 0) is 92.1 Å². The zero-order chi connectivity index (χ0) is 30.1. The molecule has 5 aromatic carbocycles. The summed E-state index contributed by atoms with van der Waals surface area (Å²) >= 11 is 0. The van der Waals surface area contributed by atoms with Crippen LogP contribution in [0.25, 0.3) is 50.1 Å². The first-order valence-electron chi connectivity index (χ1n) is 15.8. The third kappa shape index (κ3) is 5.43. The third-order valence-corrected chi connectivity index (χ3v) is 9.13. The summed E-state index contributed by atoms with van der Waals surface area (Å²) in [5.74, 6) is 0.619. The molecule has 0 radical (unpaired) electrons. The van der Waals surface area contributed by atoms with Gasteiger partial charge in [0.05, 0.1) is 0 Å². The Bertz CT molecular complexity index is 1790. The second-order valence-electron chi connectivity index (χ2n) is 12.4. The van der Waals surface area contributed by atoms with Crippen molar-refractivity contribution in [2.24, 2.45) is 5.92 Å². The van der Waals surface area contributed by atoms with Crippen LogP contribution in [0.2, 0.25) is 0 Å². The largest absolute Gasteiger partial charge is 0.0767 e. The van der Waals surface area contributed by atoms with Crippen LogP contribution in [0.3, 0.4) is 0 Å². The minimum absolute atomic E-state index is 0.0501. The van der Waals surface area contributed by atoms with Gasteiger partial charge >= 0.3 is 0 Å². The van der Waals surface area contributed by atoms with E-state index < -0.39 is 0 Å². The lowest BCUT2D eigenvalue weighted by atomic mass is 9.78. The lowest BCUT2D eigenvalue weighted by molar-refractivity contribution is 0.633. The molecule has 214 valence electrons. The van der Waals surface area contributed by atoms with Crippen molar-refractivity contribution in [1.82, 2.24) is 0 Å². The van der Waals surface area contributed by atoms with E-state index >= 15 is 0 Å². The molecule has 5 aromatic rings. The molecule has 1 unspecified atom stereocenters. The van der Waals surface area contributed by atoms with Crippen LogP contribution >= 0.6 is 0 Å². The van der Waals surface area contributed by atoms with E-state index in [2.05, 4.69) is 155 Å².